The molecule has 0 spiro atoms. The van der Waals surface area contributed by atoms with Gasteiger partial charge in [0.05, 0.1) is 18.7 Å². The maximum atomic E-state index is 12.2. The van der Waals surface area contributed by atoms with Crippen molar-refractivity contribution in [3.05, 3.63) is 52.8 Å². The first kappa shape index (κ1) is 17.1. The van der Waals surface area contributed by atoms with Gasteiger partial charge in [0.1, 0.15) is 6.54 Å². The van der Waals surface area contributed by atoms with E-state index in [9.17, 15) is 9.90 Å². The highest BCUT2D eigenvalue weighted by Crippen LogP contribution is 2.20. The Morgan fingerprint density at radius 1 is 1.48 bits per heavy atom. The van der Waals surface area contributed by atoms with Gasteiger partial charge < -0.3 is 10.0 Å². The zero-order valence-electron chi connectivity index (χ0n) is 12.8. The van der Waals surface area contributed by atoms with E-state index in [1.54, 1.807) is 53.3 Å². The van der Waals surface area contributed by atoms with Gasteiger partial charge >= 0.3 is 0 Å². The number of hydrogen-bond acceptors (Lipinski definition) is 3. The summed E-state index contributed by atoms with van der Waals surface area (Å²) >= 11 is 5.81. The second-order valence-corrected chi connectivity index (χ2v) is 5.71. The predicted octanol–water partition coefficient (Wildman–Crippen LogP) is 2.25. The van der Waals surface area contributed by atoms with Gasteiger partial charge in [-0.05, 0) is 17.7 Å². The number of terminal acetylenes is 1. The van der Waals surface area contributed by atoms with Crippen LogP contribution in [-0.2, 0) is 17.9 Å². The van der Waals surface area contributed by atoms with Crippen molar-refractivity contribution < 1.29 is 9.90 Å². The lowest BCUT2D eigenvalue weighted by atomic mass is 10.1. The van der Waals surface area contributed by atoms with Crippen LogP contribution in [0.4, 0.5) is 0 Å². The van der Waals surface area contributed by atoms with Gasteiger partial charge in [-0.15, -0.1) is 6.42 Å². The molecule has 1 heterocycles. The zero-order chi connectivity index (χ0) is 16.8. The highest BCUT2D eigenvalue weighted by Gasteiger charge is 2.17. The molecule has 0 saturated heterocycles. The molecule has 6 heteroatoms. The molecule has 23 heavy (non-hydrogen) atoms. The molecular weight excluding hydrogens is 314 g/mol. The first-order valence-electron chi connectivity index (χ1n) is 7.12. The van der Waals surface area contributed by atoms with Crippen LogP contribution in [0, 0.1) is 12.3 Å². The van der Waals surface area contributed by atoms with Gasteiger partial charge in [-0.25, -0.2) is 0 Å². The first-order chi connectivity index (χ1) is 11.0. The molecule has 120 valence electrons. The van der Waals surface area contributed by atoms with Crippen molar-refractivity contribution in [3.63, 3.8) is 0 Å². The van der Waals surface area contributed by atoms with Crippen molar-refractivity contribution >= 4 is 17.5 Å². The molecule has 0 aliphatic heterocycles. The number of benzene rings is 1. The lowest BCUT2D eigenvalue weighted by Crippen LogP contribution is -2.27. The second-order valence-electron chi connectivity index (χ2n) is 5.27. The Balaban J connectivity index is 1.91. The predicted molar refractivity (Wildman–Crippen MR) is 88.6 cm³/mol. The molecule has 1 amide bonds. The summed E-state index contributed by atoms with van der Waals surface area (Å²) in [6.45, 7) is 0.809. The number of aromatic nitrogens is 2. The molecule has 0 aliphatic carbocycles. The zero-order valence-corrected chi connectivity index (χ0v) is 13.6. The standard InChI is InChI=1S/C17H18ClN3O2/c1-3-8-21-12-13(10-19-21)11-20(2)17(23)9-16(22)14-4-6-15(18)7-5-14/h1,4-7,10,12,16,22H,8-9,11H2,2H3. The van der Waals surface area contributed by atoms with E-state index >= 15 is 0 Å². The third-order valence-corrected chi connectivity index (χ3v) is 3.66. The third kappa shape index (κ3) is 4.85. The number of aliphatic hydroxyl groups is 1. The molecule has 0 fully saturated rings. The highest BCUT2D eigenvalue weighted by atomic mass is 35.5. The summed E-state index contributed by atoms with van der Waals surface area (Å²) in [5, 5.41) is 14.8. The topological polar surface area (TPSA) is 58.4 Å². The average molecular weight is 332 g/mol. The van der Waals surface area contributed by atoms with Gasteiger partial charge in [-0.2, -0.15) is 5.10 Å². The van der Waals surface area contributed by atoms with Crippen LogP contribution < -0.4 is 0 Å². The molecule has 2 aromatic rings. The van der Waals surface area contributed by atoms with Crippen LogP contribution in [0.3, 0.4) is 0 Å². The van der Waals surface area contributed by atoms with Crippen LogP contribution in [0.5, 0.6) is 0 Å². The van der Waals surface area contributed by atoms with E-state index in [4.69, 9.17) is 18.0 Å². The van der Waals surface area contributed by atoms with E-state index in [1.165, 1.54) is 0 Å². The van der Waals surface area contributed by atoms with Crippen LogP contribution in [0.15, 0.2) is 36.7 Å². The summed E-state index contributed by atoms with van der Waals surface area (Å²) < 4.78 is 1.64. The normalized spacial score (nSPS) is 11.7. The van der Waals surface area contributed by atoms with Crippen molar-refractivity contribution in [1.29, 1.82) is 0 Å². The Morgan fingerprint density at radius 3 is 2.83 bits per heavy atom. The molecule has 1 atom stereocenters. The van der Waals surface area contributed by atoms with Crippen LogP contribution in [0.1, 0.15) is 23.7 Å². The quantitative estimate of drug-likeness (QED) is 0.826. The molecule has 0 aliphatic rings. The van der Waals surface area contributed by atoms with Gasteiger partial charge in [-0.1, -0.05) is 29.7 Å². The minimum atomic E-state index is -0.855. The van der Waals surface area contributed by atoms with Crippen LogP contribution in [-0.4, -0.2) is 32.7 Å². The van der Waals surface area contributed by atoms with Crippen molar-refractivity contribution in [2.75, 3.05) is 7.05 Å². The van der Waals surface area contributed by atoms with Gasteiger partial charge in [0.15, 0.2) is 0 Å². The number of nitrogens with zero attached hydrogens (tertiary/aromatic N) is 3. The Kier molecular flexibility index (Phi) is 5.80. The summed E-state index contributed by atoms with van der Waals surface area (Å²) in [5.74, 6) is 2.34. The Bertz CT molecular complexity index is 703. The lowest BCUT2D eigenvalue weighted by Gasteiger charge is -2.18. The summed E-state index contributed by atoms with van der Waals surface area (Å²) in [6.07, 6.45) is 7.86. The largest absolute Gasteiger partial charge is 0.388 e. The van der Waals surface area contributed by atoms with E-state index in [2.05, 4.69) is 11.0 Å². The smallest absolute Gasteiger partial charge is 0.225 e. The van der Waals surface area contributed by atoms with E-state index < -0.39 is 6.10 Å². The molecule has 0 radical (unpaired) electrons. The second kappa shape index (κ2) is 7.82. The van der Waals surface area contributed by atoms with Crippen molar-refractivity contribution in [2.45, 2.75) is 25.6 Å². The number of aliphatic hydroxyl groups excluding tert-OH is 1. The number of amides is 1. The molecule has 5 nitrogen and oxygen atoms in total. The Labute approximate surface area is 140 Å². The Morgan fingerprint density at radius 2 is 2.17 bits per heavy atom. The summed E-state index contributed by atoms with van der Waals surface area (Å²) in [6, 6.07) is 6.80. The van der Waals surface area contributed by atoms with Crippen LogP contribution in [0.25, 0.3) is 0 Å². The maximum Gasteiger partial charge on any atom is 0.225 e. The molecule has 1 N–H and O–H groups in total. The minimum Gasteiger partial charge on any atom is -0.388 e. The Hall–Kier alpha value is -2.29. The molecule has 2 rings (SSSR count). The summed E-state index contributed by atoms with van der Waals surface area (Å²) in [4.78, 5) is 13.8. The van der Waals surface area contributed by atoms with Crippen LogP contribution >= 0.6 is 11.6 Å². The molecule has 1 unspecified atom stereocenters. The van der Waals surface area contributed by atoms with Gasteiger partial charge in [0.25, 0.3) is 0 Å². The van der Waals surface area contributed by atoms with Gasteiger partial charge in [0.2, 0.25) is 5.91 Å². The number of carbonyl (C=O) groups is 1. The van der Waals surface area contributed by atoms with Gasteiger partial charge in [0, 0.05) is 30.4 Å². The fraction of sp³-hybridized carbons (Fsp3) is 0.294. The number of hydrogen-bond donors (Lipinski definition) is 1. The fourth-order valence-electron chi connectivity index (χ4n) is 2.15. The maximum absolute atomic E-state index is 12.2. The third-order valence-electron chi connectivity index (χ3n) is 3.41. The SMILES string of the molecule is C#CCn1cc(CN(C)C(=O)CC(O)c2ccc(Cl)cc2)cn1. The monoisotopic (exact) mass is 331 g/mol. The van der Waals surface area contributed by atoms with Crippen LogP contribution in [0.2, 0.25) is 5.02 Å². The number of rotatable bonds is 6. The van der Waals surface area contributed by atoms with Gasteiger partial charge in [-0.3, -0.25) is 9.48 Å². The van der Waals surface area contributed by atoms with Crippen molar-refractivity contribution in [2.24, 2.45) is 0 Å². The molecule has 0 bridgehead atoms. The highest BCUT2D eigenvalue weighted by molar-refractivity contribution is 6.30. The number of carbonyl (C=O) groups excluding carboxylic acids is 1. The molecule has 1 aromatic carbocycles. The van der Waals surface area contributed by atoms with E-state index in [0.717, 1.165) is 5.56 Å². The van der Waals surface area contributed by atoms with E-state index in [0.29, 0.717) is 23.7 Å². The lowest BCUT2D eigenvalue weighted by molar-refractivity contribution is -0.132. The molecule has 0 saturated carbocycles. The molecule has 1 aromatic heterocycles. The summed E-state index contributed by atoms with van der Waals surface area (Å²) in [7, 11) is 1.69. The fourth-order valence-corrected chi connectivity index (χ4v) is 2.28. The number of halogens is 1. The van der Waals surface area contributed by atoms with E-state index in [-0.39, 0.29) is 12.3 Å². The van der Waals surface area contributed by atoms with E-state index in [1.807, 2.05) is 0 Å². The minimum absolute atomic E-state index is 0.0105. The molecular formula is C17H18ClN3O2. The van der Waals surface area contributed by atoms with Crippen molar-refractivity contribution in [1.82, 2.24) is 14.7 Å². The first-order valence-corrected chi connectivity index (χ1v) is 7.49. The average Bonchev–Trinajstić information content (AvgIpc) is 2.95. The van der Waals surface area contributed by atoms with Crippen molar-refractivity contribution in [3.8, 4) is 12.3 Å². The summed E-state index contributed by atoms with van der Waals surface area (Å²) in [5.41, 5.74) is 1.55.